The average molecular weight is 215 g/mol. The van der Waals surface area contributed by atoms with Crippen molar-refractivity contribution in [1.29, 1.82) is 0 Å². The Hall–Kier alpha value is -0.0100. The van der Waals surface area contributed by atoms with Crippen LogP contribution in [-0.2, 0) is 0 Å². The van der Waals surface area contributed by atoms with E-state index in [1.165, 1.54) is 58.0 Å². The van der Waals surface area contributed by atoms with Crippen molar-refractivity contribution in [2.45, 2.75) is 44.9 Å². The van der Waals surface area contributed by atoms with Crippen LogP contribution in [0.3, 0.4) is 0 Å². The first-order chi connectivity index (χ1) is 6.45. The van der Waals surface area contributed by atoms with E-state index in [0.29, 0.717) is 0 Å². The van der Waals surface area contributed by atoms with Gasteiger partial charge in [0.05, 0.1) is 0 Å². The molecule has 2 heteroatoms. The van der Waals surface area contributed by atoms with Gasteiger partial charge < -0.3 is 17.7 Å². The first-order valence-electron chi connectivity index (χ1n) is 5.84. The van der Waals surface area contributed by atoms with Gasteiger partial charge in [-0.1, -0.05) is 11.6 Å². The molecule has 0 heterocycles. The summed E-state index contributed by atoms with van der Waals surface area (Å²) < 4.78 is 0. The maximum atomic E-state index is 3.55. The summed E-state index contributed by atoms with van der Waals surface area (Å²) in [5.74, 6) is 1.03. The van der Waals surface area contributed by atoms with Gasteiger partial charge in [0.1, 0.15) is 0 Å². The highest BCUT2D eigenvalue weighted by Crippen LogP contribution is 2.27. The first kappa shape index (κ1) is 12.1. The molecule has 2 rings (SSSR count). The predicted molar refractivity (Wildman–Crippen MR) is 56.8 cm³/mol. The Labute approximate surface area is 93.8 Å². The van der Waals surface area contributed by atoms with Gasteiger partial charge in [0.15, 0.2) is 0 Å². The topological polar surface area (TPSA) is 12.0 Å². The van der Waals surface area contributed by atoms with E-state index in [4.69, 9.17) is 0 Å². The molecule has 0 unspecified atom stereocenters. The standard InChI is InChI=1S/C12H21N.ClH/c1-2-4-11(5-3-1)8-9-13-10-12-6-7-12;/h4,12-13H,1-3,5-10H2;1H/p-1. The molecule has 0 spiro atoms. The van der Waals surface area contributed by atoms with E-state index >= 15 is 0 Å². The number of nitrogens with one attached hydrogen (secondary N) is 1. The molecule has 1 N–H and O–H groups in total. The monoisotopic (exact) mass is 214 g/mol. The summed E-state index contributed by atoms with van der Waals surface area (Å²) in [6.07, 6.45) is 12.2. The fourth-order valence-corrected chi connectivity index (χ4v) is 2.01. The Morgan fingerprint density at radius 2 is 2.14 bits per heavy atom. The molecule has 0 aliphatic heterocycles. The summed E-state index contributed by atoms with van der Waals surface area (Å²) in [6.45, 7) is 2.48. The lowest BCUT2D eigenvalue weighted by Crippen LogP contribution is -3.00. The third-order valence-corrected chi connectivity index (χ3v) is 3.14. The minimum absolute atomic E-state index is 0. The van der Waals surface area contributed by atoms with Gasteiger partial charge in [0, 0.05) is 0 Å². The molecule has 14 heavy (non-hydrogen) atoms. The molecule has 82 valence electrons. The van der Waals surface area contributed by atoms with Crippen LogP contribution in [0, 0.1) is 5.92 Å². The Balaban J connectivity index is 0.000000980. The van der Waals surface area contributed by atoms with Crippen LogP contribution in [0.4, 0.5) is 0 Å². The number of halogens is 1. The van der Waals surface area contributed by atoms with Crippen molar-refractivity contribution in [3.8, 4) is 0 Å². The molecule has 0 aromatic carbocycles. The van der Waals surface area contributed by atoms with E-state index in [1.807, 2.05) is 0 Å². The number of rotatable bonds is 5. The number of allylic oxidation sites excluding steroid dienone is 1. The highest BCUT2D eigenvalue weighted by Gasteiger charge is 2.19. The maximum absolute atomic E-state index is 3.55. The Kier molecular flexibility index (Phi) is 5.57. The van der Waals surface area contributed by atoms with Crippen LogP contribution < -0.4 is 17.7 Å². The lowest BCUT2D eigenvalue weighted by molar-refractivity contribution is -0.00000280. The second-order valence-electron chi connectivity index (χ2n) is 4.51. The average Bonchev–Trinajstić information content (AvgIpc) is 2.98. The van der Waals surface area contributed by atoms with E-state index in [-0.39, 0.29) is 12.4 Å². The summed E-state index contributed by atoms with van der Waals surface area (Å²) in [7, 11) is 0. The molecule has 1 fully saturated rings. The van der Waals surface area contributed by atoms with Gasteiger partial charge in [-0.3, -0.25) is 0 Å². The van der Waals surface area contributed by atoms with Crippen molar-refractivity contribution in [3.05, 3.63) is 11.6 Å². The van der Waals surface area contributed by atoms with Crippen LogP contribution in [0.1, 0.15) is 44.9 Å². The molecule has 2 aliphatic carbocycles. The second kappa shape index (κ2) is 6.47. The largest absolute Gasteiger partial charge is 1.00 e. The fourth-order valence-electron chi connectivity index (χ4n) is 2.01. The summed E-state index contributed by atoms with van der Waals surface area (Å²) in [5.41, 5.74) is 1.70. The zero-order valence-corrected chi connectivity index (χ0v) is 9.65. The number of hydrogen-bond donors (Lipinski definition) is 1. The number of hydrogen-bond acceptors (Lipinski definition) is 1. The summed E-state index contributed by atoms with van der Waals surface area (Å²) >= 11 is 0. The van der Waals surface area contributed by atoms with E-state index in [1.54, 1.807) is 5.57 Å². The lowest BCUT2D eigenvalue weighted by atomic mass is 9.97. The van der Waals surface area contributed by atoms with Gasteiger partial charge in [0.25, 0.3) is 0 Å². The Bertz CT molecular complexity index is 185. The van der Waals surface area contributed by atoms with Gasteiger partial charge in [-0.25, -0.2) is 0 Å². The van der Waals surface area contributed by atoms with E-state index in [2.05, 4.69) is 11.4 Å². The molecule has 0 radical (unpaired) electrons. The normalized spacial score (nSPS) is 21.3. The highest BCUT2D eigenvalue weighted by atomic mass is 35.5. The Morgan fingerprint density at radius 3 is 2.79 bits per heavy atom. The SMILES string of the molecule is C1=C(CCNCC2CC2)CCCC1.[Cl-]. The smallest absolute Gasteiger partial charge is 0.00115 e. The molecular weight excluding hydrogens is 194 g/mol. The molecule has 1 nitrogen and oxygen atoms in total. The molecule has 0 aromatic rings. The second-order valence-corrected chi connectivity index (χ2v) is 4.51. The molecule has 0 amide bonds. The van der Waals surface area contributed by atoms with Crippen LogP contribution in [0.15, 0.2) is 11.6 Å². The molecule has 0 aromatic heterocycles. The third-order valence-electron chi connectivity index (χ3n) is 3.14. The van der Waals surface area contributed by atoms with E-state index in [0.717, 1.165) is 5.92 Å². The minimum Gasteiger partial charge on any atom is -1.00 e. The molecule has 0 saturated heterocycles. The van der Waals surface area contributed by atoms with Gasteiger partial charge in [-0.05, 0) is 64.0 Å². The van der Waals surface area contributed by atoms with Crippen LogP contribution >= 0.6 is 0 Å². The van der Waals surface area contributed by atoms with Gasteiger partial charge in [-0.15, -0.1) is 0 Å². The van der Waals surface area contributed by atoms with Gasteiger partial charge in [0.2, 0.25) is 0 Å². The van der Waals surface area contributed by atoms with Crippen molar-refractivity contribution in [1.82, 2.24) is 5.32 Å². The summed E-state index contributed by atoms with van der Waals surface area (Å²) in [5, 5.41) is 3.55. The van der Waals surface area contributed by atoms with Crippen molar-refractivity contribution >= 4 is 0 Å². The summed E-state index contributed by atoms with van der Waals surface area (Å²) in [6, 6.07) is 0. The van der Waals surface area contributed by atoms with E-state index < -0.39 is 0 Å². The molecule has 2 aliphatic rings. The Morgan fingerprint density at radius 1 is 1.29 bits per heavy atom. The van der Waals surface area contributed by atoms with Crippen molar-refractivity contribution in [2.24, 2.45) is 5.92 Å². The van der Waals surface area contributed by atoms with Crippen LogP contribution in [0.5, 0.6) is 0 Å². The van der Waals surface area contributed by atoms with E-state index in [9.17, 15) is 0 Å². The quantitative estimate of drug-likeness (QED) is 0.497. The van der Waals surface area contributed by atoms with Crippen LogP contribution in [0.2, 0.25) is 0 Å². The van der Waals surface area contributed by atoms with Gasteiger partial charge in [-0.2, -0.15) is 0 Å². The van der Waals surface area contributed by atoms with Crippen molar-refractivity contribution < 1.29 is 12.4 Å². The molecule has 0 atom stereocenters. The molecule has 0 bridgehead atoms. The van der Waals surface area contributed by atoms with Crippen molar-refractivity contribution in [3.63, 3.8) is 0 Å². The maximum Gasteiger partial charge on any atom is -0.00115 e. The highest BCUT2D eigenvalue weighted by molar-refractivity contribution is 5.05. The minimum atomic E-state index is 0. The van der Waals surface area contributed by atoms with Crippen molar-refractivity contribution in [2.75, 3.05) is 13.1 Å². The molecular formula is C12H21ClN-. The molecule has 1 saturated carbocycles. The van der Waals surface area contributed by atoms with Gasteiger partial charge >= 0.3 is 0 Å². The van der Waals surface area contributed by atoms with Crippen LogP contribution in [-0.4, -0.2) is 13.1 Å². The zero-order valence-electron chi connectivity index (χ0n) is 8.90. The third kappa shape index (κ3) is 4.47. The first-order valence-corrected chi connectivity index (χ1v) is 5.84. The zero-order chi connectivity index (χ0) is 8.93. The lowest BCUT2D eigenvalue weighted by Gasteiger charge is -2.12. The van der Waals surface area contributed by atoms with Crippen LogP contribution in [0.25, 0.3) is 0 Å². The predicted octanol–water partition coefficient (Wildman–Crippen LogP) is -0.119. The summed E-state index contributed by atoms with van der Waals surface area (Å²) in [4.78, 5) is 0. The fraction of sp³-hybridized carbons (Fsp3) is 0.833.